The number of amides is 3. The van der Waals surface area contributed by atoms with Crippen molar-refractivity contribution in [2.24, 2.45) is 5.92 Å². The van der Waals surface area contributed by atoms with Crippen LogP contribution >= 0.6 is 0 Å². The number of hydrogen-bond donors (Lipinski definition) is 1. The molecule has 1 N–H and O–H groups in total. The van der Waals surface area contributed by atoms with Crippen molar-refractivity contribution in [3.8, 4) is 0 Å². The number of carbonyl (C=O) groups excluding carboxylic acids is 2. The maximum atomic E-state index is 12.8. The van der Waals surface area contributed by atoms with Gasteiger partial charge in [-0.2, -0.15) is 0 Å². The minimum atomic E-state index is -0.0599. The van der Waals surface area contributed by atoms with E-state index in [0.29, 0.717) is 12.3 Å². The molecule has 0 saturated carbocycles. The zero-order valence-electron chi connectivity index (χ0n) is 14.6. The number of anilines is 2. The molecule has 2 saturated heterocycles. The first kappa shape index (κ1) is 16.8. The minimum Gasteiger partial charge on any atom is -0.322 e. The van der Waals surface area contributed by atoms with Crippen LogP contribution in [-0.4, -0.2) is 36.0 Å². The van der Waals surface area contributed by atoms with E-state index in [-0.39, 0.29) is 18.0 Å². The number of urea groups is 1. The molecule has 0 spiro atoms. The second-order valence-electron chi connectivity index (χ2n) is 7.13. The quantitative estimate of drug-likeness (QED) is 0.896. The molecule has 5 heteroatoms. The summed E-state index contributed by atoms with van der Waals surface area (Å²) in [4.78, 5) is 28.6. The predicted octanol–water partition coefficient (Wildman–Crippen LogP) is 3.86. The second-order valence-corrected chi connectivity index (χ2v) is 7.13. The fourth-order valence-electron chi connectivity index (χ4n) is 3.71. The highest BCUT2D eigenvalue weighted by atomic mass is 16.2. The van der Waals surface area contributed by atoms with Crippen LogP contribution in [0.1, 0.15) is 46.0 Å². The van der Waals surface area contributed by atoms with Gasteiger partial charge in [0.15, 0.2) is 0 Å². The zero-order chi connectivity index (χ0) is 17.1. The standard InChI is InChI=1S/C19H27N3O2/c1-14-7-5-8-15(2)22(13-14)19(24)20-16-9-3-4-10-17(16)21-12-6-11-18(21)23/h3-4,9-10,14-15H,5-8,11-13H2,1-2H3,(H,20,24). The lowest BCUT2D eigenvalue weighted by atomic mass is 10.1. The number of nitrogens with one attached hydrogen (secondary N) is 1. The van der Waals surface area contributed by atoms with Crippen LogP contribution in [-0.2, 0) is 4.79 Å². The third-order valence-corrected chi connectivity index (χ3v) is 5.13. The molecule has 130 valence electrons. The lowest BCUT2D eigenvalue weighted by molar-refractivity contribution is -0.117. The number of likely N-dealkylation sites (tertiary alicyclic amines) is 1. The van der Waals surface area contributed by atoms with Crippen molar-refractivity contribution in [3.63, 3.8) is 0 Å². The highest BCUT2D eigenvalue weighted by Crippen LogP contribution is 2.30. The third-order valence-electron chi connectivity index (χ3n) is 5.13. The molecule has 0 aliphatic carbocycles. The van der Waals surface area contributed by atoms with Crippen LogP contribution in [0.25, 0.3) is 0 Å². The summed E-state index contributed by atoms with van der Waals surface area (Å²) < 4.78 is 0. The molecule has 2 atom stereocenters. The summed E-state index contributed by atoms with van der Waals surface area (Å²) in [6.45, 7) is 5.84. The van der Waals surface area contributed by atoms with E-state index in [0.717, 1.165) is 37.3 Å². The molecule has 3 amide bonds. The molecule has 2 fully saturated rings. The molecule has 0 aromatic heterocycles. The van der Waals surface area contributed by atoms with Crippen LogP contribution < -0.4 is 10.2 Å². The van der Waals surface area contributed by atoms with Gasteiger partial charge in [-0.15, -0.1) is 0 Å². The molecule has 2 heterocycles. The molecule has 2 aliphatic heterocycles. The SMILES string of the molecule is CC1CCCC(C)N(C(=O)Nc2ccccc2N2CCCC2=O)C1. The van der Waals surface area contributed by atoms with Crippen LogP contribution in [0.5, 0.6) is 0 Å². The first-order valence-corrected chi connectivity index (χ1v) is 9.03. The van der Waals surface area contributed by atoms with Gasteiger partial charge in [-0.05, 0) is 44.2 Å². The number of rotatable bonds is 2. The lowest BCUT2D eigenvalue weighted by Gasteiger charge is -2.29. The normalized spacial score (nSPS) is 24.8. The van der Waals surface area contributed by atoms with Crippen molar-refractivity contribution >= 4 is 23.3 Å². The Morgan fingerprint density at radius 3 is 2.71 bits per heavy atom. The van der Waals surface area contributed by atoms with Crippen molar-refractivity contribution in [2.45, 2.75) is 52.0 Å². The fourth-order valence-corrected chi connectivity index (χ4v) is 3.71. The van der Waals surface area contributed by atoms with Gasteiger partial charge in [0, 0.05) is 25.6 Å². The van der Waals surface area contributed by atoms with E-state index in [4.69, 9.17) is 0 Å². The van der Waals surface area contributed by atoms with E-state index < -0.39 is 0 Å². The highest BCUT2D eigenvalue weighted by Gasteiger charge is 2.27. The van der Waals surface area contributed by atoms with Crippen LogP contribution in [0.4, 0.5) is 16.2 Å². The summed E-state index contributed by atoms with van der Waals surface area (Å²) in [6, 6.07) is 7.78. The molecule has 0 bridgehead atoms. The van der Waals surface area contributed by atoms with E-state index in [9.17, 15) is 9.59 Å². The Labute approximate surface area is 144 Å². The van der Waals surface area contributed by atoms with Crippen LogP contribution in [0.3, 0.4) is 0 Å². The molecule has 5 nitrogen and oxygen atoms in total. The van der Waals surface area contributed by atoms with Gasteiger partial charge >= 0.3 is 6.03 Å². The van der Waals surface area contributed by atoms with Gasteiger partial charge in [0.2, 0.25) is 5.91 Å². The molecule has 24 heavy (non-hydrogen) atoms. The highest BCUT2D eigenvalue weighted by molar-refractivity contribution is 6.01. The van der Waals surface area contributed by atoms with Gasteiger partial charge in [-0.3, -0.25) is 4.79 Å². The Bertz CT molecular complexity index is 616. The molecular weight excluding hydrogens is 302 g/mol. The van der Waals surface area contributed by atoms with Crippen LogP contribution in [0, 0.1) is 5.92 Å². The van der Waals surface area contributed by atoms with Crippen LogP contribution in [0.2, 0.25) is 0 Å². The van der Waals surface area contributed by atoms with E-state index >= 15 is 0 Å². The molecular formula is C19H27N3O2. The molecule has 2 aliphatic rings. The summed E-state index contributed by atoms with van der Waals surface area (Å²) in [5.74, 6) is 0.657. The zero-order valence-corrected chi connectivity index (χ0v) is 14.6. The van der Waals surface area contributed by atoms with Gasteiger partial charge in [-0.25, -0.2) is 4.79 Å². The Morgan fingerprint density at radius 2 is 1.96 bits per heavy atom. The third kappa shape index (κ3) is 3.55. The van der Waals surface area contributed by atoms with E-state index in [1.54, 1.807) is 4.90 Å². The first-order valence-electron chi connectivity index (χ1n) is 9.03. The Hall–Kier alpha value is -2.04. The smallest absolute Gasteiger partial charge is 0.322 e. The van der Waals surface area contributed by atoms with E-state index in [2.05, 4.69) is 19.2 Å². The van der Waals surface area contributed by atoms with Gasteiger partial charge in [0.25, 0.3) is 0 Å². The Balaban J connectivity index is 1.78. The van der Waals surface area contributed by atoms with Gasteiger partial charge in [-0.1, -0.05) is 25.5 Å². The molecule has 0 radical (unpaired) electrons. The summed E-state index contributed by atoms with van der Waals surface area (Å²) in [5, 5.41) is 3.05. The molecule has 1 aromatic rings. The molecule has 3 rings (SSSR count). The summed E-state index contributed by atoms with van der Waals surface area (Å²) in [5.41, 5.74) is 1.53. The van der Waals surface area contributed by atoms with Crippen molar-refractivity contribution < 1.29 is 9.59 Å². The summed E-state index contributed by atoms with van der Waals surface area (Å²) in [7, 11) is 0. The van der Waals surface area contributed by atoms with Gasteiger partial charge < -0.3 is 15.1 Å². The largest absolute Gasteiger partial charge is 0.322 e. The summed E-state index contributed by atoms with van der Waals surface area (Å²) >= 11 is 0. The monoisotopic (exact) mass is 329 g/mol. The van der Waals surface area contributed by atoms with E-state index in [1.165, 1.54) is 12.8 Å². The maximum Gasteiger partial charge on any atom is 0.322 e. The van der Waals surface area contributed by atoms with Crippen molar-refractivity contribution in [3.05, 3.63) is 24.3 Å². The first-order chi connectivity index (χ1) is 11.6. The average Bonchev–Trinajstić information content (AvgIpc) is 2.90. The topological polar surface area (TPSA) is 52.7 Å². The number of benzene rings is 1. The summed E-state index contributed by atoms with van der Waals surface area (Å²) in [6.07, 6.45) is 4.85. The minimum absolute atomic E-state index is 0.0599. The van der Waals surface area contributed by atoms with Crippen molar-refractivity contribution in [2.75, 3.05) is 23.3 Å². The maximum absolute atomic E-state index is 12.8. The number of para-hydroxylation sites is 2. The lowest BCUT2D eigenvalue weighted by Crippen LogP contribution is -2.42. The molecule has 2 unspecified atom stereocenters. The fraction of sp³-hybridized carbons (Fsp3) is 0.579. The molecule has 1 aromatic carbocycles. The van der Waals surface area contributed by atoms with E-state index in [1.807, 2.05) is 29.2 Å². The predicted molar refractivity (Wildman–Crippen MR) is 96.2 cm³/mol. The average molecular weight is 329 g/mol. The number of hydrogen-bond acceptors (Lipinski definition) is 2. The second kappa shape index (κ2) is 7.24. The van der Waals surface area contributed by atoms with Crippen molar-refractivity contribution in [1.29, 1.82) is 0 Å². The Morgan fingerprint density at radius 1 is 1.17 bits per heavy atom. The van der Waals surface area contributed by atoms with Crippen LogP contribution in [0.15, 0.2) is 24.3 Å². The number of nitrogens with zero attached hydrogens (tertiary/aromatic N) is 2. The Kier molecular flexibility index (Phi) is 5.07. The van der Waals surface area contributed by atoms with Gasteiger partial charge in [0.1, 0.15) is 0 Å². The number of carbonyl (C=O) groups is 2. The van der Waals surface area contributed by atoms with Crippen molar-refractivity contribution in [1.82, 2.24) is 4.90 Å². The van der Waals surface area contributed by atoms with Gasteiger partial charge in [0.05, 0.1) is 11.4 Å².